The lowest BCUT2D eigenvalue weighted by Gasteiger charge is -2.33. The predicted octanol–water partition coefficient (Wildman–Crippen LogP) is 0.0129. The molecule has 0 amide bonds. The first-order chi connectivity index (χ1) is 5.27. The van der Waals surface area contributed by atoms with Gasteiger partial charge in [0.2, 0.25) is 0 Å². The van der Waals surface area contributed by atoms with E-state index < -0.39 is 0 Å². The quantitative estimate of drug-likeness (QED) is 0.586. The smallest absolute Gasteiger partial charge is 0.101 e. The maximum absolute atomic E-state index is 9.71. The van der Waals surface area contributed by atoms with E-state index in [0.29, 0.717) is 18.2 Å². The first kappa shape index (κ1) is 8.75. The van der Waals surface area contributed by atoms with Crippen molar-refractivity contribution in [2.45, 2.75) is 43.2 Å². The summed E-state index contributed by atoms with van der Waals surface area (Å²) in [5.74, 6) is 0. The van der Waals surface area contributed by atoms with E-state index in [1.165, 1.54) is 0 Å². The van der Waals surface area contributed by atoms with Gasteiger partial charge in [-0.05, 0) is 19.9 Å². The first-order valence-electron chi connectivity index (χ1n) is 4.33. The number of nitrogens with zero attached hydrogens (tertiary/aromatic N) is 1. The first-order valence-corrected chi connectivity index (χ1v) is 4.33. The molecule has 0 spiro atoms. The Balaban J connectivity index is 0.000000563. The fourth-order valence-electron chi connectivity index (χ4n) is 2.91. The number of piperidine rings is 1. The van der Waals surface area contributed by atoms with Crippen LogP contribution in [0.1, 0.15) is 12.8 Å². The van der Waals surface area contributed by atoms with Crippen LogP contribution >= 0.6 is 12.4 Å². The minimum atomic E-state index is -0.219. The van der Waals surface area contributed by atoms with E-state index in [4.69, 9.17) is 4.74 Å². The van der Waals surface area contributed by atoms with E-state index in [1.54, 1.807) is 0 Å². The summed E-state index contributed by atoms with van der Waals surface area (Å²) < 4.78 is 5.64. The fourth-order valence-corrected chi connectivity index (χ4v) is 2.91. The zero-order chi connectivity index (χ0) is 7.59. The third kappa shape index (κ3) is 0.826. The maximum Gasteiger partial charge on any atom is 0.101 e. The average Bonchev–Trinajstić information content (AvgIpc) is 2.39. The Labute approximate surface area is 78.1 Å². The van der Waals surface area contributed by atoms with E-state index in [9.17, 15) is 5.11 Å². The highest BCUT2D eigenvalue weighted by atomic mass is 35.5. The van der Waals surface area contributed by atoms with Gasteiger partial charge in [0.25, 0.3) is 0 Å². The van der Waals surface area contributed by atoms with Gasteiger partial charge in [-0.1, -0.05) is 0 Å². The third-order valence-corrected chi connectivity index (χ3v) is 3.51. The van der Waals surface area contributed by atoms with Crippen molar-refractivity contribution in [3.05, 3.63) is 0 Å². The number of rotatable bonds is 0. The molecule has 0 unspecified atom stereocenters. The molecule has 0 aromatic heterocycles. The lowest BCUT2D eigenvalue weighted by Crippen LogP contribution is -2.44. The zero-order valence-electron chi connectivity index (χ0n) is 7.01. The minimum absolute atomic E-state index is 0. The van der Waals surface area contributed by atoms with Gasteiger partial charge in [0.15, 0.2) is 0 Å². The topological polar surface area (TPSA) is 32.7 Å². The van der Waals surface area contributed by atoms with Crippen LogP contribution in [0.3, 0.4) is 0 Å². The molecule has 4 fully saturated rings. The zero-order valence-corrected chi connectivity index (χ0v) is 7.83. The van der Waals surface area contributed by atoms with Gasteiger partial charge in [0, 0.05) is 12.1 Å². The monoisotopic (exact) mass is 191 g/mol. The van der Waals surface area contributed by atoms with Gasteiger partial charge in [-0.25, -0.2) is 0 Å². The van der Waals surface area contributed by atoms with E-state index in [0.717, 1.165) is 12.8 Å². The molecular weight excluding hydrogens is 178 g/mol. The molecule has 4 heteroatoms. The van der Waals surface area contributed by atoms with Crippen molar-refractivity contribution in [1.82, 2.24) is 4.90 Å². The average molecular weight is 192 g/mol. The summed E-state index contributed by atoms with van der Waals surface area (Å²) in [6.45, 7) is 0. The molecular formula is C8H14ClNO2. The van der Waals surface area contributed by atoms with Crippen LogP contribution in [-0.4, -0.2) is 47.4 Å². The molecule has 4 aliphatic heterocycles. The summed E-state index contributed by atoms with van der Waals surface area (Å²) in [7, 11) is 2.10. The van der Waals surface area contributed by atoms with Crippen molar-refractivity contribution < 1.29 is 9.84 Å². The Morgan fingerprint density at radius 3 is 2.58 bits per heavy atom. The summed E-state index contributed by atoms with van der Waals surface area (Å²) in [6, 6.07) is 0.895. The Morgan fingerprint density at radius 2 is 2.00 bits per heavy atom. The molecule has 0 aromatic rings. The van der Waals surface area contributed by atoms with Gasteiger partial charge in [-0.3, -0.25) is 4.90 Å². The Bertz CT molecular complexity index is 179. The number of aliphatic hydroxyl groups is 1. The van der Waals surface area contributed by atoms with Gasteiger partial charge in [-0.2, -0.15) is 0 Å². The summed E-state index contributed by atoms with van der Waals surface area (Å²) in [5, 5.41) is 9.71. The molecule has 4 heterocycles. The highest BCUT2D eigenvalue weighted by Gasteiger charge is 2.57. The second-order valence-corrected chi connectivity index (χ2v) is 3.98. The van der Waals surface area contributed by atoms with Crippen molar-refractivity contribution in [2.75, 3.05) is 7.05 Å². The summed E-state index contributed by atoms with van der Waals surface area (Å²) in [6.07, 6.45) is 2.53. The molecule has 0 aromatic carbocycles. The number of hydrogen-bond acceptors (Lipinski definition) is 3. The van der Waals surface area contributed by atoms with Crippen molar-refractivity contribution in [2.24, 2.45) is 0 Å². The SMILES string of the molecule is CN1[C@@H]2C[C@@H]3C[C@H]1[C@H](O)[C@H]2O3.Cl. The molecule has 0 aliphatic carbocycles. The highest BCUT2D eigenvalue weighted by Crippen LogP contribution is 2.44. The van der Waals surface area contributed by atoms with E-state index in [2.05, 4.69) is 11.9 Å². The van der Waals surface area contributed by atoms with Crippen LogP contribution in [0.25, 0.3) is 0 Å². The summed E-state index contributed by atoms with van der Waals surface area (Å²) >= 11 is 0. The molecule has 0 saturated carbocycles. The van der Waals surface area contributed by atoms with Crippen LogP contribution in [0.5, 0.6) is 0 Å². The van der Waals surface area contributed by atoms with Crippen LogP contribution in [0.4, 0.5) is 0 Å². The molecule has 5 atom stereocenters. The van der Waals surface area contributed by atoms with Crippen LogP contribution in [0.2, 0.25) is 0 Å². The van der Waals surface area contributed by atoms with Crippen molar-refractivity contribution in [1.29, 1.82) is 0 Å². The van der Waals surface area contributed by atoms with Gasteiger partial charge in [0.05, 0.1) is 12.2 Å². The van der Waals surface area contributed by atoms with Gasteiger partial charge in [-0.15, -0.1) is 12.4 Å². The Morgan fingerprint density at radius 1 is 1.33 bits per heavy atom. The highest BCUT2D eigenvalue weighted by molar-refractivity contribution is 5.85. The molecule has 4 aliphatic rings. The second kappa shape index (κ2) is 2.58. The second-order valence-electron chi connectivity index (χ2n) is 3.98. The molecule has 1 N–H and O–H groups in total. The third-order valence-electron chi connectivity index (χ3n) is 3.51. The van der Waals surface area contributed by atoms with Crippen molar-refractivity contribution >= 4 is 12.4 Å². The number of ether oxygens (including phenoxy) is 1. The largest absolute Gasteiger partial charge is 0.389 e. The Kier molecular flexibility index (Phi) is 1.88. The number of aliphatic hydroxyl groups excluding tert-OH is 1. The lowest BCUT2D eigenvalue weighted by molar-refractivity contribution is -0.0758. The standard InChI is InChI=1S/C8H13NO2.ClH/c1-9-5-2-4-3-6(9)8(11-4)7(5)10;/h4-8,10H,2-3H2,1H3;1H/t4-,5-,6+,7-,8-;/m0./s1. The van der Waals surface area contributed by atoms with Crippen LogP contribution in [-0.2, 0) is 4.74 Å². The van der Waals surface area contributed by atoms with Crippen molar-refractivity contribution in [3.63, 3.8) is 0 Å². The van der Waals surface area contributed by atoms with Gasteiger partial charge < -0.3 is 9.84 Å². The lowest BCUT2D eigenvalue weighted by atomic mass is 10.0. The predicted molar refractivity (Wildman–Crippen MR) is 46.5 cm³/mol. The normalized spacial score (nSPS) is 56.0. The Hall–Kier alpha value is 0.170. The summed E-state index contributed by atoms with van der Waals surface area (Å²) in [5.41, 5.74) is 0. The van der Waals surface area contributed by atoms with Gasteiger partial charge >= 0.3 is 0 Å². The molecule has 4 saturated heterocycles. The summed E-state index contributed by atoms with van der Waals surface area (Å²) in [4.78, 5) is 2.29. The number of likely N-dealkylation sites (N-methyl/N-ethyl adjacent to an activating group) is 1. The fraction of sp³-hybridized carbons (Fsp3) is 1.00. The minimum Gasteiger partial charge on any atom is -0.389 e. The van der Waals surface area contributed by atoms with Gasteiger partial charge in [0.1, 0.15) is 6.10 Å². The molecule has 4 bridgehead atoms. The molecule has 3 nitrogen and oxygen atoms in total. The van der Waals surface area contributed by atoms with E-state index in [-0.39, 0.29) is 24.6 Å². The van der Waals surface area contributed by atoms with Crippen molar-refractivity contribution in [3.8, 4) is 0 Å². The molecule has 12 heavy (non-hydrogen) atoms. The van der Waals surface area contributed by atoms with E-state index in [1.807, 2.05) is 0 Å². The maximum atomic E-state index is 9.71. The molecule has 0 radical (unpaired) electrons. The molecule has 4 rings (SSSR count). The van der Waals surface area contributed by atoms with Crippen LogP contribution < -0.4 is 0 Å². The van der Waals surface area contributed by atoms with E-state index >= 15 is 0 Å². The number of halogens is 1. The number of hydrogen-bond donors (Lipinski definition) is 1. The van der Waals surface area contributed by atoms with Crippen LogP contribution in [0.15, 0.2) is 0 Å². The molecule has 70 valence electrons. The van der Waals surface area contributed by atoms with Crippen LogP contribution in [0, 0.1) is 0 Å².